The van der Waals surface area contributed by atoms with Gasteiger partial charge in [-0.15, -0.1) is 11.3 Å². The normalized spacial score (nSPS) is 16.9. The van der Waals surface area contributed by atoms with E-state index in [-0.39, 0.29) is 0 Å². The number of aromatic nitrogens is 2. The van der Waals surface area contributed by atoms with E-state index in [0.717, 1.165) is 28.0 Å². The van der Waals surface area contributed by atoms with Crippen LogP contribution in [0.5, 0.6) is 0 Å². The molecule has 0 N–H and O–H groups in total. The first kappa shape index (κ1) is 12.7. The number of hydrogen-bond donors (Lipinski definition) is 0. The second kappa shape index (κ2) is 5.37. The van der Waals surface area contributed by atoms with E-state index in [1.807, 2.05) is 6.92 Å². The third-order valence-electron chi connectivity index (χ3n) is 3.89. The van der Waals surface area contributed by atoms with Crippen LogP contribution in [0.1, 0.15) is 54.4 Å². The number of hydrogen-bond acceptors (Lipinski definition) is 4. The number of carbonyl (C=O) groups is 1. The molecule has 2 aromatic heterocycles. The van der Waals surface area contributed by atoms with Crippen LogP contribution in [-0.2, 0) is 11.2 Å². The lowest BCUT2D eigenvalue weighted by molar-refractivity contribution is -0.107. The van der Waals surface area contributed by atoms with E-state index in [0.29, 0.717) is 12.3 Å². The fourth-order valence-electron chi connectivity index (χ4n) is 2.94. The van der Waals surface area contributed by atoms with E-state index in [9.17, 15) is 4.79 Å². The van der Waals surface area contributed by atoms with Gasteiger partial charge in [0.2, 0.25) is 0 Å². The predicted molar refractivity (Wildman–Crippen MR) is 77.7 cm³/mol. The second-order valence-electron chi connectivity index (χ2n) is 5.29. The van der Waals surface area contributed by atoms with Crippen molar-refractivity contribution in [1.29, 1.82) is 0 Å². The van der Waals surface area contributed by atoms with Crippen LogP contribution in [0, 0.1) is 6.92 Å². The Balaban J connectivity index is 2.03. The highest BCUT2D eigenvalue weighted by Crippen LogP contribution is 2.38. The van der Waals surface area contributed by atoms with Crippen molar-refractivity contribution in [3.63, 3.8) is 0 Å². The maximum Gasteiger partial charge on any atom is 0.127 e. The highest BCUT2D eigenvalue weighted by Gasteiger charge is 2.19. The quantitative estimate of drug-likeness (QED) is 0.800. The van der Waals surface area contributed by atoms with Crippen LogP contribution in [0.3, 0.4) is 0 Å². The number of thiophene rings is 1. The van der Waals surface area contributed by atoms with Gasteiger partial charge in [-0.3, -0.25) is 0 Å². The minimum atomic E-state index is 0.390. The monoisotopic (exact) mass is 274 g/mol. The summed E-state index contributed by atoms with van der Waals surface area (Å²) in [5.41, 5.74) is 0.885. The number of carbonyl (C=O) groups excluding carboxylic acids is 1. The van der Waals surface area contributed by atoms with Gasteiger partial charge in [-0.1, -0.05) is 19.3 Å². The zero-order valence-corrected chi connectivity index (χ0v) is 12.0. The molecule has 1 aliphatic carbocycles. The number of rotatable bonds is 3. The van der Waals surface area contributed by atoms with Gasteiger partial charge in [-0.25, -0.2) is 9.97 Å². The van der Waals surface area contributed by atoms with E-state index in [4.69, 9.17) is 0 Å². The Morgan fingerprint density at radius 3 is 2.84 bits per heavy atom. The summed E-state index contributed by atoms with van der Waals surface area (Å²) < 4.78 is 0. The molecule has 3 nitrogen and oxygen atoms in total. The van der Waals surface area contributed by atoms with Crippen molar-refractivity contribution in [3.05, 3.63) is 22.5 Å². The van der Waals surface area contributed by atoms with Crippen LogP contribution in [0.15, 0.2) is 6.07 Å². The molecule has 3 rings (SSSR count). The Labute approximate surface area is 117 Å². The zero-order valence-electron chi connectivity index (χ0n) is 11.2. The van der Waals surface area contributed by atoms with Crippen LogP contribution in [-0.4, -0.2) is 16.3 Å². The van der Waals surface area contributed by atoms with E-state index >= 15 is 0 Å². The summed E-state index contributed by atoms with van der Waals surface area (Å²) in [5.74, 6) is 1.46. The maximum atomic E-state index is 10.8. The molecule has 0 saturated heterocycles. The molecule has 100 valence electrons. The molecule has 4 heteroatoms. The molecule has 0 aromatic carbocycles. The second-order valence-corrected chi connectivity index (χ2v) is 6.35. The van der Waals surface area contributed by atoms with Crippen molar-refractivity contribution >= 4 is 27.8 Å². The van der Waals surface area contributed by atoms with Crippen molar-refractivity contribution < 1.29 is 4.79 Å². The van der Waals surface area contributed by atoms with Crippen molar-refractivity contribution in [3.8, 4) is 0 Å². The summed E-state index contributed by atoms with van der Waals surface area (Å²) in [5, 5.41) is 1.09. The fourth-order valence-corrected chi connectivity index (χ4v) is 4.21. The third-order valence-corrected chi connectivity index (χ3v) is 5.08. The van der Waals surface area contributed by atoms with Crippen LogP contribution in [0.2, 0.25) is 0 Å². The van der Waals surface area contributed by atoms with Gasteiger partial charge in [0.05, 0.1) is 5.69 Å². The molecule has 1 fully saturated rings. The van der Waals surface area contributed by atoms with Crippen LogP contribution in [0.4, 0.5) is 0 Å². The number of aryl methyl sites for hydroxylation is 1. The summed E-state index contributed by atoms with van der Waals surface area (Å²) in [6.45, 7) is 1.90. The smallest absolute Gasteiger partial charge is 0.127 e. The lowest BCUT2D eigenvalue weighted by Gasteiger charge is -2.19. The zero-order chi connectivity index (χ0) is 13.2. The van der Waals surface area contributed by atoms with Crippen molar-refractivity contribution in [2.24, 2.45) is 0 Å². The molecule has 19 heavy (non-hydrogen) atoms. The van der Waals surface area contributed by atoms with Crippen molar-refractivity contribution in [1.82, 2.24) is 9.97 Å². The molecule has 2 aromatic rings. The third kappa shape index (κ3) is 2.54. The molecule has 0 unspecified atom stereocenters. The predicted octanol–water partition coefficient (Wildman–Crippen LogP) is 3.79. The fraction of sp³-hybridized carbons (Fsp3) is 0.533. The van der Waals surface area contributed by atoms with Gasteiger partial charge in [0.15, 0.2) is 0 Å². The molecule has 0 aliphatic heterocycles. The molecular formula is C15H18N2OS. The van der Waals surface area contributed by atoms with Gasteiger partial charge < -0.3 is 4.79 Å². The van der Waals surface area contributed by atoms with Crippen LogP contribution < -0.4 is 0 Å². The van der Waals surface area contributed by atoms with Crippen LogP contribution >= 0.6 is 11.3 Å². The Morgan fingerprint density at radius 1 is 1.32 bits per heavy atom. The molecule has 0 bridgehead atoms. The summed E-state index contributed by atoms with van der Waals surface area (Å²) in [6.07, 6.45) is 7.96. The summed E-state index contributed by atoms with van der Waals surface area (Å²) in [4.78, 5) is 22.2. The Hall–Kier alpha value is -1.29. The van der Waals surface area contributed by atoms with Gasteiger partial charge in [0, 0.05) is 16.7 Å². The maximum absolute atomic E-state index is 10.8. The lowest BCUT2D eigenvalue weighted by Crippen LogP contribution is -2.02. The molecule has 1 saturated carbocycles. The van der Waals surface area contributed by atoms with E-state index in [2.05, 4.69) is 16.0 Å². The highest BCUT2D eigenvalue weighted by atomic mass is 32.1. The van der Waals surface area contributed by atoms with Gasteiger partial charge >= 0.3 is 0 Å². The van der Waals surface area contributed by atoms with Gasteiger partial charge in [-0.05, 0) is 31.7 Å². The summed E-state index contributed by atoms with van der Waals surface area (Å²) in [7, 11) is 0. The molecule has 0 spiro atoms. The molecular weight excluding hydrogens is 256 g/mol. The van der Waals surface area contributed by atoms with Crippen LogP contribution in [0.25, 0.3) is 10.2 Å². The Morgan fingerprint density at radius 2 is 2.11 bits per heavy atom. The largest absolute Gasteiger partial charge is 0.303 e. The molecule has 0 radical (unpaired) electrons. The standard InChI is InChI=1S/C15H18N2OS/c1-10-16-13(7-8-18)12-9-14(19-15(12)17-10)11-5-3-2-4-6-11/h8-9,11H,2-7H2,1H3. The first-order valence-corrected chi connectivity index (χ1v) is 7.80. The summed E-state index contributed by atoms with van der Waals surface area (Å²) in [6, 6.07) is 2.23. The van der Waals surface area contributed by atoms with Crippen molar-refractivity contribution in [2.45, 2.75) is 51.4 Å². The average molecular weight is 274 g/mol. The number of fused-ring (bicyclic) bond motifs is 1. The van der Waals surface area contributed by atoms with E-state index in [1.165, 1.54) is 37.0 Å². The van der Waals surface area contributed by atoms with Gasteiger partial charge in [0.1, 0.15) is 16.9 Å². The average Bonchev–Trinajstić information content (AvgIpc) is 2.84. The first-order valence-electron chi connectivity index (χ1n) is 6.98. The molecule has 2 heterocycles. The first-order chi connectivity index (χ1) is 9.28. The molecule has 0 amide bonds. The molecule has 0 atom stereocenters. The number of aldehydes is 1. The van der Waals surface area contributed by atoms with E-state index in [1.54, 1.807) is 11.3 Å². The number of nitrogens with zero attached hydrogens (tertiary/aromatic N) is 2. The SMILES string of the molecule is Cc1nc(CC=O)c2cc(C3CCCCC3)sc2n1. The summed E-state index contributed by atoms with van der Waals surface area (Å²) >= 11 is 1.79. The van der Waals surface area contributed by atoms with E-state index < -0.39 is 0 Å². The minimum absolute atomic E-state index is 0.390. The minimum Gasteiger partial charge on any atom is -0.303 e. The van der Waals surface area contributed by atoms with Crippen molar-refractivity contribution in [2.75, 3.05) is 0 Å². The Kier molecular flexibility index (Phi) is 3.60. The Bertz CT molecular complexity index is 599. The van der Waals surface area contributed by atoms with Gasteiger partial charge in [-0.2, -0.15) is 0 Å². The highest BCUT2D eigenvalue weighted by molar-refractivity contribution is 7.18. The lowest BCUT2D eigenvalue weighted by atomic mass is 9.88. The topological polar surface area (TPSA) is 42.9 Å². The molecule has 1 aliphatic rings. The van der Waals surface area contributed by atoms with Gasteiger partial charge in [0.25, 0.3) is 0 Å².